The van der Waals surface area contributed by atoms with E-state index in [0.717, 1.165) is 5.75 Å². The van der Waals surface area contributed by atoms with E-state index in [1.54, 1.807) is 10.4 Å². The Morgan fingerprint density at radius 2 is 1.48 bits per heavy atom. The molecule has 0 saturated heterocycles. The minimum absolute atomic E-state index is 0.913. The molecule has 2 aromatic rings. The lowest BCUT2D eigenvalue weighted by molar-refractivity contribution is 0.489. The molecule has 1 aliphatic rings. The molecule has 0 atom stereocenters. The Labute approximate surface area is 143 Å². The molecule has 1 heterocycles. The Kier molecular flexibility index (Phi) is 4.78. The van der Waals surface area contributed by atoms with Gasteiger partial charge in [0.2, 0.25) is 0 Å². The zero-order valence-corrected chi connectivity index (χ0v) is 17.0. The highest BCUT2D eigenvalue weighted by molar-refractivity contribution is 7.03. The summed E-state index contributed by atoms with van der Waals surface area (Å²) >= 11 is 0. The smallest absolute Gasteiger partial charge is 0.127 e. The van der Waals surface area contributed by atoms with Gasteiger partial charge in [-0.15, -0.1) is 0 Å². The van der Waals surface area contributed by atoms with E-state index in [4.69, 9.17) is 4.74 Å². The first-order valence-corrected chi connectivity index (χ1v) is 13.7. The van der Waals surface area contributed by atoms with Crippen LogP contribution in [0, 0.1) is 0 Å². The normalized spacial score (nSPS) is 15.0. The molecule has 3 rings (SSSR count). The Balaban J connectivity index is 2.26. The van der Waals surface area contributed by atoms with Crippen LogP contribution in [-0.2, 0) is 0 Å². The van der Waals surface area contributed by atoms with Crippen molar-refractivity contribution in [3.63, 3.8) is 0 Å². The molecule has 122 valence electrons. The van der Waals surface area contributed by atoms with E-state index in [9.17, 15) is 0 Å². The third-order valence-electron chi connectivity index (χ3n) is 5.81. The van der Waals surface area contributed by atoms with Gasteiger partial charge < -0.3 is 4.74 Å². The van der Waals surface area contributed by atoms with E-state index >= 15 is 0 Å². The van der Waals surface area contributed by atoms with Crippen molar-refractivity contribution in [1.29, 1.82) is 0 Å². The highest BCUT2D eigenvalue weighted by atomic mass is 28.3. The summed E-state index contributed by atoms with van der Waals surface area (Å²) in [7, 11) is -2.59. The molecule has 0 aliphatic carbocycles. The highest BCUT2D eigenvalue weighted by Gasteiger charge is 2.42. The van der Waals surface area contributed by atoms with E-state index in [1.165, 1.54) is 35.1 Å². The molecule has 1 aliphatic heterocycles. The van der Waals surface area contributed by atoms with Crippen molar-refractivity contribution in [2.75, 3.05) is 0 Å². The number of hydrogen-bond acceptors (Lipinski definition) is 1. The van der Waals surface area contributed by atoms with Gasteiger partial charge in [0.1, 0.15) is 19.6 Å². The van der Waals surface area contributed by atoms with Gasteiger partial charge in [0.25, 0.3) is 0 Å². The lowest BCUT2D eigenvalue weighted by Gasteiger charge is -2.38. The number of benzene rings is 2. The van der Waals surface area contributed by atoms with Crippen LogP contribution in [-0.4, -0.2) is 16.9 Å². The summed E-state index contributed by atoms with van der Waals surface area (Å²) in [6.45, 7) is 9.45. The van der Waals surface area contributed by atoms with Gasteiger partial charge in [-0.3, -0.25) is 0 Å². The molecule has 0 N–H and O–H groups in total. The molecule has 0 spiro atoms. The highest BCUT2D eigenvalue weighted by Crippen LogP contribution is 2.32. The van der Waals surface area contributed by atoms with Gasteiger partial charge in [-0.05, 0) is 21.6 Å². The number of hydrogen-bond donors (Lipinski definition) is 0. The summed E-state index contributed by atoms with van der Waals surface area (Å²) in [6, 6.07) is 20.9. The summed E-state index contributed by atoms with van der Waals surface area (Å²) in [5.74, 6) is 2.38. The monoisotopic (exact) mass is 340 g/mol. The van der Waals surface area contributed by atoms with Crippen molar-refractivity contribution < 1.29 is 4.74 Å². The van der Waals surface area contributed by atoms with Crippen molar-refractivity contribution >= 4 is 32.4 Å². The topological polar surface area (TPSA) is 9.23 Å². The Morgan fingerprint density at radius 3 is 2.13 bits per heavy atom. The fraction of sp³-hybridized carbons (Fsp3) is 0.400. The average molecular weight is 341 g/mol. The van der Waals surface area contributed by atoms with E-state index in [-0.39, 0.29) is 0 Å². The second kappa shape index (κ2) is 6.66. The fourth-order valence-electron chi connectivity index (χ4n) is 4.31. The Hall–Kier alpha value is -1.33. The Morgan fingerprint density at radius 1 is 0.826 bits per heavy atom. The Bertz CT molecular complexity index is 688. The van der Waals surface area contributed by atoms with Crippen molar-refractivity contribution in [3.8, 4) is 11.5 Å². The van der Waals surface area contributed by atoms with Crippen LogP contribution in [0.5, 0.6) is 11.5 Å². The van der Waals surface area contributed by atoms with E-state index in [2.05, 4.69) is 70.2 Å². The summed E-state index contributed by atoms with van der Waals surface area (Å²) in [6.07, 6.45) is 0. The zero-order valence-electron chi connectivity index (χ0n) is 14.9. The molecule has 0 unspecified atom stereocenters. The molecule has 0 amide bonds. The number of ether oxygens (including phenoxy) is 1. The minimum atomic E-state index is -1.68. The number of fused-ring (bicyclic) bond motifs is 2. The van der Waals surface area contributed by atoms with Crippen molar-refractivity contribution in [2.24, 2.45) is 0 Å². The van der Waals surface area contributed by atoms with E-state index in [1.807, 2.05) is 0 Å². The summed E-state index contributed by atoms with van der Waals surface area (Å²) < 4.78 is 6.52. The fourth-order valence-corrected chi connectivity index (χ4v) is 11.3. The van der Waals surface area contributed by atoms with E-state index < -0.39 is 16.9 Å². The van der Waals surface area contributed by atoms with Gasteiger partial charge in [-0.1, -0.05) is 88.3 Å². The number of rotatable bonds is 5. The largest absolute Gasteiger partial charge is 0.458 e. The maximum absolute atomic E-state index is 6.52. The van der Waals surface area contributed by atoms with Crippen LogP contribution in [0.25, 0.3) is 0 Å². The molecule has 0 aromatic heterocycles. The van der Waals surface area contributed by atoms with Crippen LogP contribution in [0.2, 0.25) is 24.2 Å². The average Bonchev–Trinajstić information content (AvgIpc) is 2.61. The third-order valence-corrected chi connectivity index (χ3v) is 14.4. The standard InChI is InChI=1S/C20H28OSi2/c1-5-22(6-2)17-13-11-15-19-20(17)21-16-12-9-10-14-18(16)23(19,7-3)8-4/h9-15,22H,5-8H2,1-4H3. The first kappa shape index (κ1) is 16.5. The van der Waals surface area contributed by atoms with Crippen LogP contribution in [0.4, 0.5) is 0 Å². The van der Waals surface area contributed by atoms with Crippen LogP contribution in [0.3, 0.4) is 0 Å². The molecular formula is C20H28OSi2. The molecule has 1 nitrogen and oxygen atoms in total. The summed E-state index contributed by atoms with van der Waals surface area (Å²) in [5, 5.41) is 4.61. The van der Waals surface area contributed by atoms with Gasteiger partial charge in [0.05, 0.1) is 8.80 Å². The third kappa shape index (κ3) is 2.50. The van der Waals surface area contributed by atoms with Gasteiger partial charge in [-0.25, -0.2) is 0 Å². The van der Waals surface area contributed by atoms with Crippen molar-refractivity contribution in [2.45, 2.75) is 51.9 Å². The first-order valence-electron chi connectivity index (χ1n) is 9.12. The maximum Gasteiger partial charge on any atom is 0.127 e. The molecule has 23 heavy (non-hydrogen) atoms. The lowest BCUT2D eigenvalue weighted by Crippen LogP contribution is -2.61. The second-order valence-corrected chi connectivity index (χ2v) is 14.9. The molecule has 2 aromatic carbocycles. The van der Waals surface area contributed by atoms with Gasteiger partial charge in [0, 0.05) is 0 Å². The maximum atomic E-state index is 6.52. The predicted octanol–water partition coefficient (Wildman–Crippen LogP) is 3.87. The SMILES string of the molecule is CC[SiH](CC)c1cccc2c1Oc1ccccc1[Si]2(CC)CC. The molecule has 0 radical (unpaired) electrons. The molecule has 3 heteroatoms. The van der Waals surface area contributed by atoms with Crippen LogP contribution < -0.4 is 20.3 Å². The summed E-state index contributed by atoms with van der Waals surface area (Å²) in [4.78, 5) is 0. The molecular weight excluding hydrogens is 312 g/mol. The summed E-state index contributed by atoms with van der Waals surface area (Å²) in [5.41, 5.74) is 0. The lowest BCUT2D eigenvalue weighted by atomic mass is 10.3. The second-order valence-electron chi connectivity index (χ2n) is 6.62. The first-order chi connectivity index (χ1) is 11.2. The van der Waals surface area contributed by atoms with Crippen LogP contribution in [0.15, 0.2) is 42.5 Å². The number of para-hydroxylation sites is 2. The van der Waals surface area contributed by atoms with Gasteiger partial charge in [-0.2, -0.15) is 0 Å². The van der Waals surface area contributed by atoms with Crippen LogP contribution >= 0.6 is 0 Å². The van der Waals surface area contributed by atoms with Gasteiger partial charge >= 0.3 is 0 Å². The van der Waals surface area contributed by atoms with Crippen LogP contribution in [0.1, 0.15) is 27.7 Å². The minimum Gasteiger partial charge on any atom is -0.458 e. The predicted molar refractivity (Wildman–Crippen MR) is 107 cm³/mol. The van der Waals surface area contributed by atoms with E-state index in [0.29, 0.717) is 0 Å². The van der Waals surface area contributed by atoms with Crippen molar-refractivity contribution in [1.82, 2.24) is 0 Å². The molecule has 0 saturated carbocycles. The molecule has 0 bridgehead atoms. The quantitative estimate of drug-likeness (QED) is 0.751. The van der Waals surface area contributed by atoms with Crippen molar-refractivity contribution in [3.05, 3.63) is 42.5 Å². The zero-order chi connectivity index (χ0) is 16.4. The molecule has 0 fully saturated rings. The van der Waals surface area contributed by atoms with Gasteiger partial charge in [0.15, 0.2) is 0 Å².